The average molecular weight is 544 g/mol. The van der Waals surface area contributed by atoms with E-state index in [0.29, 0.717) is 17.5 Å². The van der Waals surface area contributed by atoms with E-state index < -0.39 is 35.6 Å². The van der Waals surface area contributed by atoms with Gasteiger partial charge < -0.3 is 25.4 Å². The van der Waals surface area contributed by atoms with E-state index in [1.807, 2.05) is 37.3 Å². The van der Waals surface area contributed by atoms with Crippen molar-refractivity contribution >= 4 is 30.5 Å². The fourth-order valence-electron chi connectivity index (χ4n) is 3.97. The Balaban J connectivity index is 2.46. The molecule has 0 bridgehead atoms. The van der Waals surface area contributed by atoms with Crippen molar-refractivity contribution in [1.29, 1.82) is 0 Å². The van der Waals surface area contributed by atoms with Gasteiger partial charge in [-0.2, -0.15) is 12.6 Å². The highest BCUT2D eigenvalue weighted by Crippen LogP contribution is 2.32. The van der Waals surface area contributed by atoms with Gasteiger partial charge in [0.25, 0.3) is 0 Å². The van der Waals surface area contributed by atoms with Gasteiger partial charge >= 0.3 is 6.09 Å². The summed E-state index contributed by atoms with van der Waals surface area (Å²) in [7, 11) is 0. The number of benzene rings is 2. The number of para-hydroxylation sites is 1. The third kappa shape index (κ3) is 9.28. The number of nitrogens with zero attached hydrogens (tertiary/aromatic N) is 1. The van der Waals surface area contributed by atoms with E-state index in [2.05, 4.69) is 23.3 Å². The summed E-state index contributed by atoms with van der Waals surface area (Å²) in [6.45, 7) is 9.48. The summed E-state index contributed by atoms with van der Waals surface area (Å²) in [5.74, 6) is -0.971. The first kappa shape index (κ1) is 31.0. The molecule has 3 amide bonds. The monoisotopic (exact) mass is 543 g/mol. The first-order chi connectivity index (χ1) is 18.0. The highest BCUT2D eigenvalue weighted by molar-refractivity contribution is 7.80. The normalized spacial score (nSPS) is 12.8. The molecule has 0 aromatic heterocycles. The van der Waals surface area contributed by atoms with Gasteiger partial charge in [0.15, 0.2) is 0 Å². The minimum atomic E-state index is -1.12. The molecule has 0 aliphatic rings. The number of carbonyl (C=O) groups is 3. The van der Waals surface area contributed by atoms with E-state index in [1.54, 1.807) is 45.9 Å². The Kier molecular flexibility index (Phi) is 12.0. The summed E-state index contributed by atoms with van der Waals surface area (Å²) in [4.78, 5) is 41.6. The maximum atomic E-state index is 13.9. The van der Waals surface area contributed by atoms with Gasteiger partial charge in [-0.3, -0.25) is 9.59 Å². The lowest BCUT2D eigenvalue weighted by molar-refractivity contribution is -0.142. The summed E-state index contributed by atoms with van der Waals surface area (Å²) in [5.41, 5.74) is 1.05. The van der Waals surface area contributed by atoms with E-state index in [9.17, 15) is 19.5 Å². The summed E-state index contributed by atoms with van der Waals surface area (Å²) < 4.78 is 5.34. The molecule has 2 atom stereocenters. The number of hydrogen-bond acceptors (Lipinski definition) is 6. The third-order valence-corrected chi connectivity index (χ3v) is 6.26. The van der Waals surface area contributed by atoms with Crippen LogP contribution in [0.2, 0.25) is 0 Å². The Morgan fingerprint density at radius 3 is 2.34 bits per heavy atom. The molecule has 38 heavy (non-hydrogen) atoms. The topological polar surface area (TPSA) is 108 Å². The van der Waals surface area contributed by atoms with E-state index in [4.69, 9.17) is 4.74 Å². The van der Waals surface area contributed by atoms with Crippen molar-refractivity contribution in [3.63, 3.8) is 0 Å². The molecule has 0 saturated carbocycles. The van der Waals surface area contributed by atoms with Crippen molar-refractivity contribution < 1.29 is 24.2 Å². The zero-order valence-corrected chi connectivity index (χ0v) is 23.9. The van der Waals surface area contributed by atoms with Gasteiger partial charge in [0, 0.05) is 24.4 Å². The highest BCUT2D eigenvalue weighted by atomic mass is 32.1. The molecule has 0 fully saturated rings. The molecule has 9 heteroatoms. The minimum Gasteiger partial charge on any atom is -0.507 e. The number of hydrogen-bond donors (Lipinski definition) is 4. The van der Waals surface area contributed by atoms with Crippen molar-refractivity contribution in [1.82, 2.24) is 15.5 Å². The van der Waals surface area contributed by atoms with Gasteiger partial charge in [-0.05, 0) is 45.2 Å². The standard InChI is InChI=1S/C29H41N3O5S/c1-6-7-11-17-32(27(35)23(19-38)31-28(36)37-29(3,4)5)24(22-16-12-13-20(2)25(22)33)26(34)30-18-21-14-9-8-10-15-21/h8-10,12-16,23-24,33,38H,6-7,11,17-19H2,1-5H3,(H,30,34)(H,31,36). The number of rotatable bonds is 12. The molecular weight excluding hydrogens is 502 g/mol. The van der Waals surface area contributed by atoms with Crippen LogP contribution in [0.5, 0.6) is 5.75 Å². The van der Waals surface area contributed by atoms with Crippen LogP contribution in [0.4, 0.5) is 4.79 Å². The molecule has 2 rings (SSSR count). The Morgan fingerprint density at radius 1 is 1.05 bits per heavy atom. The van der Waals surface area contributed by atoms with Crippen LogP contribution in [0.25, 0.3) is 0 Å². The quantitative estimate of drug-likeness (QED) is 0.225. The van der Waals surface area contributed by atoms with Crippen LogP contribution < -0.4 is 10.6 Å². The molecule has 0 radical (unpaired) electrons. The Bertz CT molecular complexity index is 1070. The van der Waals surface area contributed by atoms with Crippen LogP contribution in [-0.4, -0.2) is 51.9 Å². The number of thiol groups is 1. The first-order valence-electron chi connectivity index (χ1n) is 13.0. The third-order valence-electron chi connectivity index (χ3n) is 5.89. The van der Waals surface area contributed by atoms with E-state index in [1.165, 1.54) is 4.90 Å². The van der Waals surface area contributed by atoms with Crippen molar-refractivity contribution in [2.24, 2.45) is 0 Å². The molecule has 2 aromatic rings. The zero-order valence-electron chi connectivity index (χ0n) is 23.0. The molecule has 208 valence electrons. The Hall–Kier alpha value is -3.20. The molecule has 0 heterocycles. The summed E-state index contributed by atoms with van der Waals surface area (Å²) in [6, 6.07) is 12.4. The lowest BCUT2D eigenvalue weighted by atomic mass is 9.98. The number of ether oxygens (including phenoxy) is 1. The number of nitrogens with one attached hydrogen (secondary N) is 2. The molecule has 3 N–H and O–H groups in total. The lowest BCUT2D eigenvalue weighted by Crippen LogP contribution is -2.54. The molecule has 2 unspecified atom stereocenters. The first-order valence-corrected chi connectivity index (χ1v) is 13.6. The van der Waals surface area contributed by atoms with E-state index in [-0.39, 0.29) is 24.6 Å². The van der Waals surface area contributed by atoms with Gasteiger partial charge in [-0.25, -0.2) is 4.79 Å². The van der Waals surface area contributed by atoms with Crippen molar-refractivity contribution in [3.8, 4) is 5.75 Å². The maximum absolute atomic E-state index is 13.9. The molecule has 0 aliphatic carbocycles. The van der Waals surface area contributed by atoms with Crippen molar-refractivity contribution in [2.45, 2.75) is 78.1 Å². The number of phenolic OH excluding ortho intramolecular Hbond substituents is 1. The van der Waals surface area contributed by atoms with Crippen LogP contribution in [0.3, 0.4) is 0 Å². The van der Waals surface area contributed by atoms with Gasteiger partial charge in [-0.15, -0.1) is 0 Å². The molecule has 2 aromatic carbocycles. The second-order valence-corrected chi connectivity index (χ2v) is 10.6. The van der Waals surface area contributed by atoms with E-state index >= 15 is 0 Å². The number of carbonyl (C=O) groups excluding carboxylic acids is 3. The van der Waals surface area contributed by atoms with Crippen LogP contribution in [0.1, 0.15) is 69.7 Å². The van der Waals surface area contributed by atoms with Gasteiger partial charge in [0.05, 0.1) is 0 Å². The zero-order chi connectivity index (χ0) is 28.3. The molecular formula is C29H41N3O5S. The van der Waals surface area contributed by atoms with Gasteiger partial charge in [0.2, 0.25) is 11.8 Å². The predicted molar refractivity (Wildman–Crippen MR) is 152 cm³/mol. The van der Waals surface area contributed by atoms with Crippen molar-refractivity contribution in [3.05, 3.63) is 65.2 Å². The SMILES string of the molecule is CCCCCN(C(=O)C(CS)NC(=O)OC(C)(C)C)C(C(=O)NCc1ccccc1)c1cccc(C)c1O. The second-order valence-electron chi connectivity index (χ2n) is 10.2. The Labute approximate surface area is 231 Å². The number of aromatic hydroxyl groups is 1. The number of amides is 3. The van der Waals surface area contributed by atoms with Gasteiger partial charge in [-0.1, -0.05) is 68.3 Å². The second kappa shape index (κ2) is 14.7. The molecule has 0 spiro atoms. The number of phenols is 1. The summed E-state index contributed by atoms with van der Waals surface area (Å²) in [6.07, 6.45) is 1.65. The predicted octanol–water partition coefficient (Wildman–Crippen LogP) is 4.90. The molecule has 0 saturated heterocycles. The Morgan fingerprint density at radius 2 is 1.74 bits per heavy atom. The highest BCUT2D eigenvalue weighted by Gasteiger charge is 2.37. The lowest BCUT2D eigenvalue weighted by Gasteiger charge is -2.34. The van der Waals surface area contributed by atoms with Crippen molar-refractivity contribution in [2.75, 3.05) is 12.3 Å². The average Bonchev–Trinajstić information content (AvgIpc) is 2.87. The van der Waals surface area contributed by atoms with Crippen LogP contribution in [-0.2, 0) is 20.9 Å². The number of alkyl carbamates (subject to hydrolysis) is 1. The van der Waals surface area contributed by atoms with Crippen LogP contribution in [0, 0.1) is 6.92 Å². The van der Waals surface area contributed by atoms with Gasteiger partial charge in [0.1, 0.15) is 23.4 Å². The summed E-state index contributed by atoms with van der Waals surface area (Å²) >= 11 is 4.31. The number of aryl methyl sites for hydroxylation is 1. The van der Waals surface area contributed by atoms with E-state index in [0.717, 1.165) is 18.4 Å². The fourth-order valence-corrected chi connectivity index (χ4v) is 4.22. The smallest absolute Gasteiger partial charge is 0.408 e. The maximum Gasteiger partial charge on any atom is 0.408 e. The number of unbranched alkanes of at least 4 members (excludes halogenated alkanes) is 2. The van der Waals surface area contributed by atoms with Crippen LogP contribution in [0.15, 0.2) is 48.5 Å². The molecule has 0 aliphatic heterocycles. The fraction of sp³-hybridized carbons (Fsp3) is 0.483. The minimum absolute atomic E-state index is 0.000504. The van der Waals surface area contributed by atoms with Crippen LogP contribution >= 0.6 is 12.6 Å². The molecule has 8 nitrogen and oxygen atoms in total. The summed E-state index contributed by atoms with van der Waals surface area (Å²) in [5, 5.41) is 16.5. The largest absolute Gasteiger partial charge is 0.507 e.